The van der Waals surface area contributed by atoms with Crippen LogP contribution in [0.15, 0.2) is 41.3 Å². The zero-order chi connectivity index (χ0) is 19.0. The Balaban J connectivity index is 1.79. The number of likely N-dealkylation sites (N-methyl/N-ethyl adjacent to an activating group) is 1. The molecule has 144 valence electrons. The van der Waals surface area contributed by atoms with Gasteiger partial charge in [-0.2, -0.15) is 0 Å². The number of hydrogen-bond acceptors (Lipinski definition) is 3. The fourth-order valence-corrected chi connectivity index (χ4v) is 4.95. The molecule has 0 saturated carbocycles. The molecule has 6 nitrogen and oxygen atoms in total. The second kappa shape index (κ2) is 7.00. The number of amides is 1. The van der Waals surface area contributed by atoms with E-state index in [2.05, 4.69) is 41.0 Å². The third kappa shape index (κ3) is 3.12. The molecule has 0 bridgehead atoms. The van der Waals surface area contributed by atoms with Crippen LogP contribution in [0.4, 0.5) is 0 Å². The zero-order valence-corrected chi connectivity index (χ0v) is 16.1. The number of aromatic amines is 2. The van der Waals surface area contributed by atoms with Gasteiger partial charge in [0.2, 0.25) is 0 Å². The van der Waals surface area contributed by atoms with E-state index in [1.807, 2.05) is 23.1 Å². The summed E-state index contributed by atoms with van der Waals surface area (Å²) in [5.41, 5.74) is 1.08. The van der Waals surface area contributed by atoms with E-state index in [1.165, 1.54) is 19.0 Å². The van der Waals surface area contributed by atoms with E-state index >= 15 is 0 Å². The van der Waals surface area contributed by atoms with Gasteiger partial charge in [-0.1, -0.05) is 43.2 Å². The van der Waals surface area contributed by atoms with Crippen molar-refractivity contribution in [3.05, 3.63) is 58.3 Å². The summed E-state index contributed by atoms with van der Waals surface area (Å²) in [4.78, 5) is 34.7. The van der Waals surface area contributed by atoms with Crippen molar-refractivity contribution in [2.24, 2.45) is 0 Å². The normalized spacial score (nSPS) is 29.2. The van der Waals surface area contributed by atoms with Crippen LogP contribution in [-0.4, -0.2) is 50.8 Å². The molecule has 1 amide bonds. The molecule has 1 aromatic carbocycles. The number of rotatable bonds is 2. The Labute approximate surface area is 159 Å². The number of fused-ring (bicyclic) bond motifs is 1. The summed E-state index contributed by atoms with van der Waals surface area (Å²) >= 11 is 0. The number of imidazole rings is 1. The highest BCUT2D eigenvalue weighted by molar-refractivity contribution is 5.93. The molecule has 1 aromatic heterocycles. The van der Waals surface area contributed by atoms with Crippen molar-refractivity contribution in [3.63, 3.8) is 0 Å². The second-order valence-electron chi connectivity index (χ2n) is 8.14. The highest BCUT2D eigenvalue weighted by Crippen LogP contribution is 2.48. The first-order valence-electron chi connectivity index (χ1n) is 9.87. The minimum Gasteiger partial charge on any atom is -0.325 e. The van der Waals surface area contributed by atoms with Crippen molar-refractivity contribution in [2.45, 2.75) is 56.7 Å². The Morgan fingerprint density at radius 3 is 2.67 bits per heavy atom. The Bertz CT molecular complexity index is 858. The standard InChI is InChI=1S/C21H28N4O2/c1-21-13-17(15-9-5-3-6-10-15)25(19(26)16-14-22-20(27)23-16)18(21)11-7-4-8-12-24(21)2/h3,5-6,9-10,14,17-18H,4,7-8,11-13H2,1-2H3,(H2,22,23,27)/t17-,18-,21-/m0/s1. The predicted octanol–water partition coefficient (Wildman–Crippen LogP) is 2.92. The summed E-state index contributed by atoms with van der Waals surface area (Å²) in [6.45, 7) is 3.35. The van der Waals surface area contributed by atoms with Gasteiger partial charge in [-0.15, -0.1) is 0 Å². The molecule has 0 unspecified atom stereocenters. The number of carbonyl (C=O) groups is 1. The Hall–Kier alpha value is -2.34. The van der Waals surface area contributed by atoms with Gasteiger partial charge in [0.1, 0.15) is 5.69 Å². The number of H-pyrrole nitrogens is 2. The van der Waals surface area contributed by atoms with Gasteiger partial charge in [0.05, 0.1) is 12.1 Å². The van der Waals surface area contributed by atoms with Crippen LogP contribution in [0, 0.1) is 0 Å². The minimum absolute atomic E-state index is 0.00709. The van der Waals surface area contributed by atoms with Crippen molar-refractivity contribution in [1.82, 2.24) is 19.8 Å². The zero-order valence-electron chi connectivity index (χ0n) is 16.1. The molecule has 2 aromatic rings. The van der Waals surface area contributed by atoms with Gasteiger partial charge < -0.3 is 14.9 Å². The van der Waals surface area contributed by atoms with Gasteiger partial charge in [0, 0.05) is 11.7 Å². The first-order valence-corrected chi connectivity index (χ1v) is 9.87. The molecule has 2 aliphatic rings. The molecule has 2 saturated heterocycles. The van der Waals surface area contributed by atoms with Gasteiger partial charge in [0.15, 0.2) is 0 Å². The lowest BCUT2D eigenvalue weighted by Crippen LogP contribution is -2.55. The number of benzene rings is 1. The van der Waals surface area contributed by atoms with Crippen LogP contribution in [0.25, 0.3) is 0 Å². The van der Waals surface area contributed by atoms with Gasteiger partial charge in [-0.3, -0.25) is 9.69 Å². The molecule has 6 heteroatoms. The van der Waals surface area contributed by atoms with Crippen molar-refractivity contribution >= 4 is 5.91 Å². The first-order chi connectivity index (χ1) is 13.0. The molecular formula is C21H28N4O2. The molecule has 2 N–H and O–H groups in total. The molecule has 3 heterocycles. The highest BCUT2D eigenvalue weighted by atomic mass is 16.2. The summed E-state index contributed by atoms with van der Waals surface area (Å²) in [5, 5.41) is 0. The Kier molecular flexibility index (Phi) is 4.68. The number of carbonyl (C=O) groups excluding carboxylic acids is 1. The molecular weight excluding hydrogens is 340 g/mol. The average molecular weight is 368 g/mol. The number of hydrogen-bond donors (Lipinski definition) is 2. The molecule has 4 rings (SSSR count). The lowest BCUT2D eigenvalue weighted by Gasteiger charge is -2.43. The molecule has 2 aliphatic heterocycles. The maximum Gasteiger partial charge on any atom is 0.323 e. The van der Waals surface area contributed by atoms with Crippen LogP contribution < -0.4 is 5.69 Å². The lowest BCUT2D eigenvalue weighted by molar-refractivity contribution is 0.0448. The fourth-order valence-electron chi connectivity index (χ4n) is 4.95. The van der Waals surface area contributed by atoms with E-state index in [4.69, 9.17) is 0 Å². The van der Waals surface area contributed by atoms with Gasteiger partial charge in [-0.05, 0) is 45.3 Å². The van der Waals surface area contributed by atoms with E-state index in [0.29, 0.717) is 5.69 Å². The third-order valence-corrected chi connectivity index (χ3v) is 6.58. The Morgan fingerprint density at radius 2 is 1.96 bits per heavy atom. The quantitative estimate of drug-likeness (QED) is 0.856. The van der Waals surface area contributed by atoms with Crippen LogP contribution in [0.2, 0.25) is 0 Å². The van der Waals surface area contributed by atoms with E-state index in [0.717, 1.165) is 31.4 Å². The summed E-state index contributed by atoms with van der Waals surface area (Å²) in [6, 6.07) is 10.4. The first kappa shape index (κ1) is 18.0. The maximum absolute atomic E-state index is 13.5. The lowest BCUT2D eigenvalue weighted by atomic mass is 9.84. The van der Waals surface area contributed by atoms with E-state index < -0.39 is 0 Å². The molecule has 0 aliphatic carbocycles. The van der Waals surface area contributed by atoms with Crippen molar-refractivity contribution in [3.8, 4) is 0 Å². The van der Waals surface area contributed by atoms with Gasteiger partial charge >= 0.3 is 5.69 Å². The molecule has 3 atom stereocenters. The van der Waals surface area contributed by atoms with Crippen LogP contribution in [0.3, 0.4) is 0 Å². The summed E-state index contributed by atoms with van der Waals surface area (Å²) in [7, 11) is 2.19. The highest BCUT2D eigenvalue weighted by Gasteiger charge is 2.53. The van der Waals surface area contributed by atoms with Crippen LogP contribution >= 0.6 is 0 Å². The number of aromatic nitrogens is 2. The minimum atomic E-state index is -0.341. The van der Waals surface area contributed by atoms with Crippen molar-refractivity contribution in [2.75, 3.05) is 13.6 Å². The topological polar surface area (TPSA) is 72.2 Å². The largest absolute Gasteiger partial charge is 0.325 e. The maximum atomic E-state index is 13.5. The number of nitrogens with one attached hydrogen (secondary N) is 2. The van der Waals surface area contributed by atoms with Gasteiger partial charge in [0.25, 0.3) is 5.91 Å². The number of nitrogens with zero attached hydrogens (tertiary/aromatic N) is 2. The number of likely N-dealkylation sites (tertiary alicyclic amines) is 2. The monoisotopic (exact) mass is 368 g/mol. The Morgan fingerprint density at radius 1 is 1.19 bits per heavy atom. The molecule has 0 spiro atoms. The molecule has 2 fully saturated rings. The van der Waals surface area contributed by atoms with E-state index in [9.17, 15) is 9.59 Å². The van der Waals surface area contributed by atoms with Crippen LogP contribution in [0.1, 0.15) is 61.1 Å². The fraction of sp³-hybridized carbons (Fsp3) is 0.524. The van der Waals surface area contributed by atoms with Gasteiger partial charge in [-0.25, -0.2) is 4.79 Å². The summed E-state index contributed by atoms with van der Waals surface area (Å²) in [5.74, 6) is -0.0927. The van der Waals surface area contributed by atoms with Crippen LogP contribution in [-0.2, 0) is 0 Å². The van der Waals surface area contributed by atoms with Crippen molar-refractivity contribution < 1.29 is 4.79 Å². The van der Waals surface area contributed by atoms with E-state index in [-0.39, 0.29) is 29.2 Å². The average Bonchev–Trinajstić information content (AvgIpc) is 3.22. The second-order valence-corrected chi connectivity index (χ2v) is 8.14. The van der Waals surface area contributed by atoms with Crippen LogP contribution in [0.5, 0.6) is 0 Å². The predicted molar refractivity (Wildman–Crippen MR) is 105 cm³/mol. The molecule has 0 radical (unpaired) electrons. The SMILES string of the molecule is CN1CCCCC[C@@H]2N(C(=O)c3c[nH]c(=O)[nH]3)[C@H](c3ccccc3)C[C@@]21C. The molecule has 27 heavy (non-hydrogen) atoms. The van der Waals surface area contributed by atoms with Crippen molar-refractivity contribution in [1.29, 1.82) is 0 Å². The summed E-state index contributed by atoms with van der Waals surface area (Å²) in [6.07, 6.45) is 6.91. The van der Waals surface area contributed by atoms with E-state index in [1.54, 1.807) is 0 Å². The summed E-state index contributed by atoms with van der Waals surface area (Å²) < 4.78 is 0. The third-order valence-electron chi connectivity index (χ3n) is 6.58. The smallest absolute Gasteiger partial charge is 0.323 e.